The van der Waals surface area contributed by atoms with Crippen LogP contribution in [0.4, 0.5) is 17.3 Å². The summed E-state index contributed by atoms with van der Waals surface area (Å²) in [6.07, 6.45) is 3.69. The molecule has 3 N–H and O–H groups in total. The number of hydrogen-bond donors (Lipinski definition) is 1. The quantitative estimate of drug-likeness (QED) is 0.203. The SMILES string of the molecule is F[B-](F)(F)F.[NH3+]CCP1Cc2ccc3ccccc3c2-c2c(ccc3ccccc23)C1. The molecule has 0 aliphatic carbocycles. The van der Waals surface area contributed by atoms with Crippen molar-refractivity contribution >= 4 is 36.7 Å². The number of benzene rings is 4. The maximum atomic E-state index is 9.75. The molecule has 1 aliphatic heterocycles. The van der Waals surface area contributed by atoms with Gasteiger partial charge in [0, 0.05) is 6.16 Å². The van der Waals surface area contributed by atoms with E-state index in [1.165, 1.54) is 62.3 Å². The highest BCUT2D eigenvalue weighted by molar-refractivity contribution is 7.56. The van der Waals surface area contributed by atoms with Gasteiger partial charge in [-0.3, -0.25) is 0 Å². The van der Waals surface area contributed by atoms with Crippen LogP contribution in [-0.4, -0.2) is 20.0 Å². The predicted octanol–water partition coefficient (Wildman–Crippen LogP) is 6.70. The molecule has 5 rings (SSSR count). The molecule has 1 nitrogen and oxygen atoms in total. The number of rotatable bonds is 2. The van der Waals surface area contributed by atoms with Gasteiger partial charge < -0.3 is 23.0 Å². The van der Waals surface area contributed by atoms with Crippen molar-refractivity contribution in [1.82, 2.24) is 0 Å². The van der Waals surface area contributed by atoms with Crippen LogP contribution in [0.3, 0.4) is 0 Å². The van der Waals surface area contributed by atoms with Crippen molar-refractivity contribution in [3.63, 3.8) is 0 Å². The topological polar surface area (TPSA) is 27.6 Å². The van der Waals surface area contributed by atoms with Crippen LogP contribution in [-0.2, 0) is 12.3 Å². The van der Waals surface area contributed by atoms with Crippen molar-refractivity contribution in [2.75, 3.05) is 12.7 Å². The minimum Gasteiger partial charge on any atom is -0.418 e. The van der Waals surface area contributed by atoms with Crippen LogP contribution in [0, 0.1) is 0 Å². The molecule has 0 atom stereocenters. The number of halogens is 4. The van der Waals surface area contributed by atoms with Crippen molar-refractivity contribution in [1.29, 1.82) is 0 Å². The fraction of sp³-hybridized carbons (Fsp3) is 0.167. The first-order chi connectivity index (χ1) is 14.8. The Morgan fingerprint density at radius 1 is 0.677 bits per heavy atom. The summed E-state index contributed by atoms with van der Waals surface area (Å²) in [7, 11) is -6.04. The van der Waals surface area contributed by atoms with E-state index in [-0.39, 0.29) is 7.92 Å². The first kappa shape index (κ1) is 21.8. The lowest BCUT2D eigenvalue weighted by atomic mass is 9.88. The monoisotopic (exact) mass is 443 g/mol. The minimum absolute atomic E-state index is 0.0449. The lowest BCUT2D eigenvalue weighted by Crippen LogP contribution is -2.51. The van der Waals surface area contributed by atoms with E-state index in [1.54, 1.807) is 0 Å². The van der Waals surface area contributed by atoms with Gasteiger partial charge in [-0.2, -0.15) is 0 Å². The maximum Gasteiger partial charge on any atom is 0.673 e. The summed E-state index contributed by atoms with van der Waals surface area (Å²) in [6.45, 7) is 1.04. The Balaban J connectivity index is 0.000000418. The molecule has 0 saturated carbocycles. The van der Waals surface area contributed by atoms with Crippen LogP contribution >= 0.6 is 7.92 Å². The van der Waals surface area contributed by atoms with E-state index in [1.807, 2.05) is 0 Å². The van der Waals surface area contributed by atoms with Crippen LogP contribution in [0.2, 0.25) is 0 Å². The average Bonchev–Trinajstić information content (AvgIpc) is 2.89. The molecule has 0 unspecified atom stereocenters. The van der Waals surface area contributed by atoms with E-state index in [0.29, 0.717) is 0 Å². The molecule has 0 aromatic heterocycles. The molecular formula is C24H23BF4NP. The van der Waals surface area contributed by atoms with Crippen LogP contribution in [0.25, 0.3) is 32.7 Å². The van der Waals surface area contributed by atoms with Gasteiger partial charge in [0.05, 0.1) is 6.54 Å². The lowest BCUT2D eigenvalue weighted by Gasteiger charge is -2.15. The largest absolute Gasteiger partial charge is 0.673 e. The Labute approximate surface area is 180 Å². The van der Waals surface area contributed by atoms with E-state index in [0.717, 1.165) is 6.54 Å². The highest BCUT2D eigenvalue weighted by atomic mass is 31.1. The summed E-state index contributed by atoms with van der Waals surface area (Å²) in [5.41, 5.74) is 10.1. The van der Waals surface area contributed by atoms with Gasteiger partial charge in [-0.25, -0.2) is 0 Å². The summed E-state index contributed by atoms with van der Waals surface area (Å²) in [5, 5.41) is 5.48. The van der Waals surface area contributed by atoms with Gasteiger partial charge in [0.25, 0.3) is 0 Å². The van der Waals surface area contributed by atoms with E-state index in [2.05, 4.69) is 78.5 Å². The summed E-state index contributed by atoms with van der Waals surface area (Å²) < 4.78 is 39.0. The number of quaternary nitrogens is 1. The zero-order chi connectivity index (χ0) is 22.0. The average molecular weight is 443 g/mol. The Morgan fingerprint density at radius 3 is 1.52 bits per heavy atom. The van der Waals surface area contributed by atoms with Crippen LogP contribution < -0.4 is 5.73 Å². The molecule has 0 radical (unpaired) electrons. The van der Waals surface area contributed by atoms with Gasteiger partial charge in [0.1, 0.15) is 0 Å². The lowest BCUT2D eigenvalue weighted by molar-refractivity contribution is -0.360. The number of hydrogen-bond acceptors (Lipinski definition) is 0. The molecule has 0 fully saturated rings. The smallest absolute Gasteiger partial charge is 0.418 e. The van der Waals surface area contributed by atoms with E-state index >= 15 is 0 Å². The van der Waals surface area contributed by atoms with Gasteiger partial charge in [0.2, 0.25) is 0 Å². The Kier molecular flexibility index (Phi) is 6.31. The van der Waals surface area contributed by atoms with E-state index in [9.17, 15) is 17.3 Å². The summed E-state index contributed by atoms with van der Waals surface area (Å²) in [5.74, 6) is 0. The summed E-state index contributed by atoms with van der Waals surface area (Å²) in [6, 6.07) is 27.1. The standard InChI is InChI=1S/C24H22NP.BF4/c25-13-14-26-15-19-11-9-17-5-1-3-7-21(17)23(19)24-20(16-26)12-10-18-6-2-4-8-22(18)24;2-1(3,4)5/h1-12H,13-16,25H2;/q;-1/p+1. The van der Waals surface area contributed by atoms with Gasteiger partial charge in [-0.15, -0.1) is 0 Å². The molecule has 1 aliphatic rings. The minimum atomic E-state index is -6.00. The van der Waals surface area contributed by atoms with Gasteiger partial charge in [-0.05, 0) is 56.1 Å². The molecule has 160 valence electrons. The molecule has 1 heterocycles. The van der Waals surface area contributed by atoms with Crippen molar-refractivity contribution in [2.24, 2.45) is 0 Å². The Bertz CT molecular complexity index is 1130. The molecule has 31 heavy (non-hydrogen) atoms. The van der Waals surface area contributed by atoms with Gasteiger partial charge in [-0.1, -0.05) is 80.7 Å². The van der Waals surface area contributed by atoms with Crippen LogP contribution in [0.1, 0.15) is 11.1 Å². The molecule has 0 bridgehead atoms. The van der Waals surface area contributed by atoms with Crippen LogP contribution in [0.15, 0.2) is 72.8 Å². The molecule has 0 saturated heterocycles. The zero-order valence-electron chi connectivity index (χ0n) is 17.0. The van der Waals surface area contributed by atoms with E-state index in [4.69, 9.17) is 0 Å². The first-order valence-corrected chi connectivity index (χ1v) is 12.2. The highest BCUT2D eigenvalue weighted by Crippen LogP contribution is 2.52. The second-order valence-electron chi connectivity index (χ2n) is 7.70. The van der Waals surface area contributed by atoms with Crippen molar-refractivity contribution in [2.45, 2.75) is 12.3 Å². The first-order valence-electron chi connectivity index (χ1n) is 10.3. The maximum absolute atomic E-state index is 9.75. The van der Waals surface area contributed by atoms with Crippen molar-refractivity contribution in [3.8, 4) is 11.1 Å². The summed E-state index contributed by atoms with van der Waals surface area (Å²) in [4.78, 5) is 0. The fourth-order valence-corrected chi connectivity index (χ4v) is 6.77. The Morgan fingerprint density at radius 2 is 1.10 bits per heavy atom. The van der Waals surface area contributed by atoms with Crippen LogP contribution in [0.5, 0.6) is 0 Å². The molecule has 4 aromatic carbocycles. The normalized spacial score (nSPS) is 13.8. The summed E-state index contributed by atoms with van der Waals surface area (Å²) >= 11 is 0. The third-order valence-corrected chi connectivity index (χ3v) is 8.07. The molecule has 7 heteroatoms. The van der Waals surface area contributed by atoms with Gasteiger partial charge >= 0.3 is 7.25 Å². The second kappa shape index (κ2) is 8.98. The second-order valence-corrected chi connectivity index (χ2v) is 10.1. The van der Waals surface area contributed by atoms with E-state index < -0.39 is 7.25 Å². The number of fused-ring (bicyclic) bond motifs is 7. The van der Waals surface area contributed by atoms with Crippen molar-refractivity contribution in [3.05, 3.63) is 83.9 Å². The fourth-order valence-electron chi connectivity index (χ4n) is 4.41. The molecule has 4 aromatic rings. The predicted molar refractivity (Wildman–Crippen MR) is 124 cm³/mol. The zero-order valence-corrected chi connectivity index (χ0v) is 17.9. The Hall–Kier alpha value is -2.43. The third-order valence-electron chi connectivity index (χ3n) is 5.54. The van der Waals surface area contributed by atoms with Gasteiger partial charge in [0.15, 0.2) is 0 Å². The third kappa shape index (κ3) is 4.92. The molecular weight excluding hydrogens is 420 g/mol. The van der Waals surface area contributed by atoms with Crippen molar-refractivity contribution < 1.29 is 23.0 Å². The molecule has 0 spiro atoms. The molecule has 0 amide bonds. The highest BCUT2D eigenvalue weighted by Gasteiger charge is 2.24.